The van der Waals surface area contributed by atoms with Gasteiger partial charge < -0.3 is 5.11 Å². The zero-order chi connectivity index (χ0) is 14.5. The number of nitrogens with zero attached hydrogens (tertiary/aromatic N) is 2. The standard InChI is InChI=1S/C17H24N2OS/c20-12-3-4-15-7-13-21-17(15)14-18-8-10-19(11-9-18)16-5-1-2-6-16/h7,13,16,20H,1-2,5-6,8-12,14H2. The minimum Gasteiger partial charge on any atom is -0.384 e. The van der Waals surface area contributed by atoms with Crippen molar-refractivity contribution in [3.8, 4) is 11.8 Å². The number of aliphatic hydroxyl groups is 1. The molecule has 3 nitrogen and oxygen atoms in total. The Morgan fingerprint density at radius 1 is 1.19 bits per heavy atom. The molecule has 0 bridgehead atoms. The number of hydrogen-bond acceptors (Lipinski definition) is 4. The molecule has 2 fully saturated rings. The van der Waals surface area contributed by atoms with Gasteiger partial charge in [0.05, 0.1) is 0 Å². The molecule has 0 atom stereocenters. The number of piperazine rings is 1. The second kappa shape index (κ2) is 7.42. The highest BCUT2D eigenvalue weighted by atomic mass is 32.1. The minimum atomic E-state index is -0.0602. The summed E-state index contributed by atoms with van der Waals surface area (Å²) >= 11 is 1.78. The largest absolute Gasteiger partial charge is 0.384 e. The molecule has 2 heterocycles. The molecule has 0 amide bonds. The predicted molar refractivity (Wildman–Crippen MR) is 87.4 cm³/mol. The molecule has 1 N–H and O–H groups in total. The van der Waals surface area contributed by atoms with Crippen LogP contribution in [0.2, 0.25) is 0 Å². The van der Waals surface area contributed by atoms with Gasteiger partial charge >= 0.3 is 0 Å². The maximum absolute atomic E-state index is 8.82. The average molecular weight is 304 g/mol. The molecule has 1 aliphatic heterocycles. The summed E-state index contributed by atoms with van der Waals surface area (Å²) in [7, 11) is 0. The van der Waals surface area contributed by atoms with E-state index in [1.807, 2.05) is 0 Å². The van der Waals surface area contributed by atoms with Crippen molar-refractivity contribution in [2.24, 2.45) is 0 Å². The molecule has 0 unspecified atom stereocenters. The summed E-state index contributed by atoms with van der Waals surface area (Å²) < 4.78 is 0. The molecule has 1 aromatic heterocycles. The van der Waals surface area contributed by atoms with E-state index in [0.29, 0.717) is 0 Å². The topological polar surface area (TPSA) is 26.7 Å². The lowest BCUT2D eigenvalue weighted by molar-refractivity contribution is 0.0943. The SMILES string of the molecule is OCC#Cc1ccsc1CN1CCN(C2CCCC2)CC1. The predicted octanol–water partition coefficient (Wildman–Crippen LogP) is 2.15. The molecule has 0 spiro atoms. The third kappa shape index (κ3) is 3.87. The summed E-state index contributed by atoms with van der Waals surface area (Å²) in [4.78, 5) is 6.58. The molecule has 2 aliphatic rings. The first-order valence-corrected chi connectivity index (χ1v) is 8.87. The highest BCUT2D eigenvalue weighted by Crippen LogP contribution is 2.25. The van der Waals surface area contributed by atoms with E-state index in [1.54, 1.807) is 11.3 Å². The first kappa shape index (κ1) is 15.1. The second-order valence-corrected chi connectivity index (χ2v) is 6.97. The van der Waals surface area contributed by atoms with Crippen LogP contribution in [0, 0.1) is 11.8 Å². The normalized spacial score (nSPS) is 21.4. The lowest BCUT2D eigenvalue weighted by atomic mass is 10.1. The van der Waals surface area contributed by atoms with Gasteiger partial charge in [0.25, 0.3) is 0 Å². The van der Waals surface area contributed by atoms with Crippen LogP contribution in [0.3, 0.4) is 0 Å². The highest BCUT2D eigenvalue weighted by molar-refractivity contribution is 7.10. The zero-order valence-electron chi connectivity index (χ0n) is 12.6. The molecule has 1 saturated carbocycles. The summed E-state index contributed by atoms with van der Waals surface area (Å²) in [6, 6.07) is 2.93. The Kier molecular flexibility index (Phi) is 5.32. The van der Waals surface area contributed by atoms with Crippen molar-refractivity contribution in [2.75, 3.05) is 32.8 Å². The summed E-state index contributed by atoms with van der Waals surface area (Å²) in [6.45, 7) is 5.71. The maximum Gasteiger partial charge on any atom is 0.104 e. The van der Waals surface area contributed by atoms with Gasteiger partial charge in [0, 0.05) is 49.2 Å². The minimum absolute atomic E-state index is 0.0602. The van der Waals surface area contributed by atoms with E-state index in [2.05, 4.69) is 33.1 Å². The number of thiophene rings is 1. The fourth-order valence-electron chi connectivity index (χ4n) is 3.47. The second-order valence-electron chi connectivity index (χ2n) is 5.97. The molecule has 1 saturated heterocycles. The first-order valence-electron chi connectivity index (χ1n) is 7.99. The molecule has 1 aromatic rings. The molecular weight excluding hydrogens is 280 g/mol. The van der Waals surface area contributed by atoms with Gasteiger partial charge in [0.2, 0.25) is 0 Å². The Morgan fingerprint density at radius 3 is 2.67 bits per heavy atom. The molecule has 1 aliphatic carbocycles. The molecule has 4 heteroatoms. The molecular formula is C17H24N2OS. The van der Waals surface area contributed by atoms with Crippen molar-refractivity contribution in [2.45, 2.75) is 38.3 Å². The quantitative estimate of drug-likeness (QED) is 0.867. The maximum atomic E-state index is 8.82. The molecule has 3 rings (SSSR count). The Balaban J connectivity index is 1.52. The number of rotatable bonds is 3. The Bertz CT molecular complexity index is 502. The van der Waals surface area contributed by atoms with Crippen molar-refractivity contribution in [3.63, 3.8) is 0 Å². The third-order valence-corrected chi connectivity index (χ3v) is 5.57. The summed E-state index contributed by atoms with van der Waals surface area (Å²) in [6.07, 6.45) is 5.66. The monoisotopic (exact) mass is 304 g/mol. The third-order valence-electron chi connectivity index (χ3n) is 4.66. The van der Waals surface area contributed by atoms with Crippen LogP contribution in [0.5, 0.6) is 0 Å². The van der Waals surface area contributed by atoms with Gasteiger partial charge in [-0.15, -0.1) is 11.3 Å². The van der Waals surface area contributed by atoms with E-state index in [-0.39, 0.29) is 6.61 Å². The van der Waals surface area contributed by atoms with Crippen molar-refractivity contribution in [1.29, 1.82) is 0 Å². The van der Waals surface area contributed by atoms with Crippen molar-refractivity contribution < 1.29 is 5.11 Å². The summed E-state index contributed by atoms with van der Waals surface area (Å²) in [5.41, 5.74) is 1.09. The number of aliphatic hydroxyl groups excluding tert-OH is 1. The molecule has 114 valence electrons. The Labute approximate surface area is 131 Å². The van der Waals surface area contributed by atoms with Gasteiger partial charge in [-0.1, -0.05) is 24.7 Å². The van der Waals surface area contributed by atoms with Crippen LogP contribution in [-0.4, -0.2) is 53.7 Å². The molecule has 21 heavy (non-hydrogen) atoms. The van der Waals surface area contributed by atoms with Gasteiger partial charge in [-0.3, -0.25) is 9.80 Å². The van der Waals surface area contributed by atoms with E-state index >= 15 is 0 Å². The fourth-order valence-corrected chi connectivity index (χ4v) is 4.34. The van der Waals surface area contributed by atoms with E-state index in [1.165, 1.54) is 56.7 Å². The van der Waals surface area contributed by atoms with Gasteiger partial charge in [0.1, 0.15) is 6.61 Å². The van der Waals surface area contributed by atoms with Crippen LogP contribution in [0.4, 0.5) is 0 Å². The van der Waals surface area contributed by atoms with Crippen LogP contribution >= 0.6 is 11.3 Å². The van der Waals surface area contributed by atoms with Crippen LogP contribution in [0.15, 0.2) is 11.4 Å². The van der Waals surface area contributed by atoms with Crippen LogP contribution < -0.4 is 0 Å². The number of hydrogen-bond donors (Lipinski definition) is 1. The van der Waals surface area contributed by atoms with Crippen LogP contribution in [0.25, 0.3) is 0 Å². The lowest BCUT2D eigenvalue weighted by Crippen LogP contribution is -2.49. The Hall–Kier alpha value is -0.860. The smallest absolute Gasteiger partial charge is 0.104 e. The van der Waals surface area contributed by atoms with E-state index in [4.69, 9.17) is 5.11 Å². The summed E-state index contributed by atoms with van der Waals surface area (Å²) in [5.74, 6) is 5.82. The van der Waals surface area contributed by atoms with Crippen molar-refractivity contribution >= 4 is 11.3 Å². The molecule has 0 aromatic carbocycles. The van der Waals surface area contributed by atoms with E-state index < -0.39 is 0 Å². The fraction of sp³-hybridized carbons (Fsp3) is 0.647. The van der Waals surface area contributed by atoms with Crippen LogP contribution in [-0.2, 0) is 6.54 Å². The van der Waals surface area contributed by atoms with E-state index in [9.17, 15) is 0 Å². The van der Waals surface area contributed by atoms with Gasteiger partial charge in [-0.05, 0) is 24.3 Å². The van der Waals surface area contributed by atoms with Crippen molar-refractivity contribution in [1.82, 2.24) is 9.80 Å². The highest BCUT2D eigenvalue weighted by Gasteiger charge is 2.26. The van der Waals surface area contributed by atoms with Gasteiger partial charge in [-0.2, -0.15) is 0 Å². The first-order chi connectivity index (χ1) is 10.4. The lowest BCUT2D eigenvalue weighted by Gasteiger charge is -2.38. The van der Waals surface area contributed by atoms with E-state index in [0.717, 1.165) is 18.2 Å². The molecule has 0 radical (unpaired) electrons. The average Bonchev–Trinajstić information content (AvgIpc) is 3.18. The van der Waals surface area contributed by atoms with Crippen molar-refractivity contribution in [3.05, 3.63) is 21.9 Å². The van der Waals surface area contributed by atoms with Gasteiger partial charge in [-0.25, -0.2) is 0 Å². The zero-order valence-corrected chi connectivity index (χ0v) is 13.4. The Morgan fingerprint density at radius 2 is 1.95 bits per heavy atom. The van der Waals surface area contributed by atoms with Gasteiger partial charge in [0.15, 0.2) is 0 Å². The van der Waals surface area contributed by atoms with Crippen LogP contribution in [0.1, 0.15) is 36.1 Å². The summed E-state index contributed by atoms with van der Waals surface area (Å²) in [5, 5.41) is 10.9.